The molecule has 1 aromatic carbocycles. The van der Waals surface area contributed by atoms with Crippen molar-refractivity contribution in [3.63, 3.8) is 0 Å². The van der Waals surface area contributed by atoms with Crippen LogP contribution in [-0.4, -0.2) is 25.7 Å². The number of carbonyl (C=O) groups excluding carboxylic acids is 1. The minimum Gasteiger partial charge on any atom is -0.325 e. The monoisotopic (exact) mass is 383 g/mol. The van der Waals surface area contributed by atoms with Gasteiger partial charge in [0.25, 0.3) is 0 Å². The molecule has 0 bridgehead atoms. The quantitative estimate of drug-likeness (QED) is 0.683. The Labute approximate surface area is 160 Å². The molecule has 1 saturated carbocycles. The minimum atomic E-state index is -0.143. The smallest absolute Gasteiger partial charge is 0.307 e. The maximum atomic E-state index is 12.5. The average Bonchev–Trinajstić information content (AvgIpc) is 3.29. The van der Waals surface area contributed by atoms with E-state index in [1.807, 2.05) is 32.0 Å². The molecule has 1 aliphatic rings. The van der Waals surface area contributed by atoms with E-state index >= 15 is 0 Å². The Morgan fingerprint density at radius 3 is 2.89 bits per heavy atom. The van der Waals surface area contributed by atoms with Crippen molar-refractivity contribution < 1.29 is 4.79 Å². The van der Waals surface area contributed by atoms with E-state index in [1.54, 1.807) is 9.95 Å². The number of carbonyl (C=O) groups is 1. The number of aryl methyl sites for hydroxylation is 2. The van der Waals surface area contributed by atoms with Crippen molar-refractivity contribution in [1.82, 2.24) is 19.7 Å². The lowest BCUT2D eigenvalue weighted by Gasteiger charge is -2.10. The summed E-state index contributed by atoms with van der Waals surface area (Å²) in [7, 11) is 0. The Bertz CT molecular complexity index is 1040. The van der Waals surface area contributed by atoms with Gasteiger partial charge in [-0.05, 0) is 38.8 Å². The molecule has 8 heteroatoms. The fourth-order valence-electron chi connectivity index (χ4n) is 2.99. The number of nitrogens with one attached hydrogen (secondary N) is 2. The van der Waals surface area contributed by atoms with Gasteiger partial charge in [0.15, 0.2) is 5.82 Å². The lowest BCUT2D eigenvalue weighted by Crippen LogP contribution is -2.20. The Hall–Kier alpha value is -2.74. The zero-order valence-corrected chi connectivity index (χ0v) is 16.1. The zero-order chi connectivity index (χ0) is 19.0. The summed E-state index contributed by atoms with van der Waals surface area (Å²) in [5.41, 5.74) is 3.43. The van der Waals surface area contributed by atoms with Crippen molar-refractivity contribution in [3.05, 3.63) is 50.3 Å². The van der Waals surface area contributed by atoms with E-state index in [4.69, 9.17) is 0 Å². The zero-order valence-electron chi connectivity index (χ0n) is 15.3. The van der Waals surface area contributed by atoms with E-state index in [9.17, 15) is 9.59 Å². The molecule has 1 amide bonds. The summed E-state index contributed by atoms with van der Waals surface area (Å²) in [5, 5.41) is 12.1. The van der Waals surface area contributed by atoms with Crippen LogP contribution in [0.25, 0.3) is 11.4 Å². The van der Waals surface area contributed by atoms with Crippen molar-refractivity contribution in [2.75, 3.05) is 5.32 Å². The second kappa shape index (κ2) is 7.11. The van der Waals surface area contributed by atoms with Gasteiger partial charge in [0.05, 0.1) is 5.69 Å². The van der Waals surface area contributed by atoms with Gasteiger partial charge in [0, 0.05) is 35.5 Å². The Kier molecular flexibility index (Phi) is 4.65. The number of thiazole rings is 1. The second-order valence-corrected chi connectivity index (χ2v) is 7.78. The molecule has 0 aliphatic heterocycles. The molecule has 0 spiro atoms. The third-order valence-electron chi connectivity index (χ3n) is 4.70. The molecule has 4 rings (SSSR count). The number of hydrogen-bond acceptors (Lipinski definition) is 5. The van der Waals surface area contributed by atoms with Crippen LogP contribution in [0.5, 0.6) is 0 Å². The van der Waals surface area contributed by atoms with Crippen LogP contribution in [0.4, 0.5) is 5.69 Å². The van der Waals surface area contributed by atoms with Crippen LogP contribution < -0.4 is 10.2 Å². The molecule has 0 unspecified atom stereocenters. The molecule has 2 aromatic heterocycles. The highest BCUT2D eigenvalue weighted by Crippen LogP contribution is 2.39. The van der Waals surface area contributed by atoms with Crippen LogP contribution in [0.2, 0.25) is 0 Å². The molecule has 3 aromatic rings. The first kappa shape index (κ1) is 17.7. The maximum Gasteiger partial charge on any atom is 0.307 e. The molecule has 7 nitrogen and oxygen atoms in total. The van der Waals surface area contributed by atoms with Gasteiger partial charge in [-0.15, -0.1) is 0 Å². The fraction of sp³-hybridized carbons (Fsp3) is 0.368. The average molecular weight is 383 g/mol. The summed E-state index contributed by atoms with van der Waals surface area (Å²) in [6.07, 6.45) is 2.52. The van der Waals surface area contributed by atoms with Gasteiger partial charge in [0.1, 0.15) is 5.82 Å². The van der Waals surface area contributed by atoms with E-state index in [0.717, 1.165) is 46.8 Å². The van der Waals surface area contributed by atoms with Crippen LogP contribution in [0.1, 0.15) is 42.3 Å². The third kappa shape index (κ3) is 3.85. The second-order valence-electron chi connectivity index (χ2n) is 6.96. The number of nitrogens with zero attached hydrogens (tertiary/aromatic N) is 3. The first-order valence-electron chi connectivity index (χ1n) is 8.99. The summed E-state index contributed by atoms with van der Waals surface area (Å²) in [6, 6.07) is 5.79. The van der Waals surface area contributed by atoms with Crippen molar-refractivity contribution in [2.45, 2.75) is 45.6 Å². The Balaban J connectivity index is 1.51. The largest absolute Gasteiger partial charge is 0.325 e. The number of hydrogen-bond donors (Lipinski definition) is 2. The summed E-state index contributed by atoms with van der Waals surface area (Å²) >= 11 is 1.15. The molecule has 0 radical (unpaired) electrons. The number of rotatable bonds is 6. The summed E-state index contributed by atoms with van der Waals surface area (Å²) in [4.78, 5) is 28.8. The van der Waals surface area contributed by atoms with E-state index in [0.29, 0.717) is 24.0 Å². The molecular weight excluding hydrogens is 362 g/mol. The molecule has 0 saturated heterocycles. The van der Waals surface area contributed by atoms with Gasteiger partial charge in [0.2, 0.25) is 5.91 Å². The van der Waals surface area contributed by atoms with Crippen LogP contribution >= 0.6 is 11.3 Å². The normalized spacial score (nSPS) is 13.7. The summed E-state index contributed by atoms with van der Waals surface area (Å²) < 4.78 is 1.62. The number of amides is 1. The highest BCUT2D eigenvalue weighted by atomic mass is 32.1. The first-order chi connectivity index (χ1) is 13.0. The van der Waals surface area contributed by atoms with E-state index in [1.165, 1.54) is 0 Å². The lowest BCUT2D eigenvalue weighted by atomic mass is 10.1. The van der Waals surface area contributed by atoms with Gasteiger partial charge in [-0.25, -0.2) is 4.98 Å². The summed E-state index contributed by atoms with van der Waals surface area (Å²) in [6.45, 7) is 4.23. The minimum absolute atomic E-state index is 0.0374. The van der Waals surface area contributed by atoms with Crippen LogP contribution in [0.15, 0.2) is 28.4 Å². The highest BCUT2D eigenvalue weighted by Gasteiger charge is 2.27. The number of benzene rings is 1. The molecule has 0 atom stereocenters. The van der Waals surface area contributed by atoms with Crippen LogP contribution in [0, 0.1) is 13.8 Å². The molecule has 1 aliphatic carbocycles. The molecule has 27 heavy (non-hydrogen) atoms. The number of aromatic nitrogens is 4. The third-order valence-corrected chi connectivity index (χ3v) is 5.58. The lowest BCUT2D eigenvalue weighted by molar-refractivity contribution is -0.116. The van der Waals surface area contributed by atoms with E-state index in [-0.39, 0.29) is 17.2 Å². The number of H-pyrrole nitrogens is 1. The Morgan fingerprint density at radius 1 is 1.37 bits per heavy atom. The SMILES string of the molecule is Cc1ccc(NC(=O)CCn2c(C)csc2=O)c(-c2n[nH]c(C3CC3)n2)c1. The van der Waals surface area contributed by atoms with Crippen LogP contribution in [0.3, 0.4) is 0 Å². The maximum absolute atomic E-state index is 12.5. The molecule has 2 N–H and O–H groups in total. The Morgan fingerprint density at radius 2 is 2.19 bits per heavy atom. The van der Waals surface area contributed by atoms with Crippen molar-refractivity contribution >= 4 is 22.9 Å². The van der Waals surface area contributed by atoms with Crippen molar-refractivity contribution in [2.24, 2.45) is 0 Å². The number of aromatic amines is 1. The van der Waals surface area contributed by atoms with Gasteiger partial charge < -0.3 is 9.88 Å². The fourth-order valence-corrected chi connectivity index (χ4v) is 3.75. The first-order valence-corrected chi connectivity index (χ1v) is 9.87. The van der Waals surface area contributed by atoms with Crippen molar-refractivity contribution in [1.29, 1.82) is 0 Å². The standard InChI is InChI=1S/C19H21N5O2S/c1-11-3-6-15(14(9-11)18-21-17(22-23-18)13-4-5-13)20-16(25)7-8-24-12(2)10-27-19(24)26/h3,6,9-10,13H,4-5,7-8H2,1-2H3,(H,20,25)(H,21,22,23). The predicted molar refractivity (Wildman–Crippen MR) is 105 cm³/mol. The van der Waals surface area contributed by atoms with Crippen LogP contribution in [-0.2, 0) is 11.3 Å². The number of anilines is 1. The summed E-state index contributed by atoms with van der Waals surface area (Å²) in [5.74, 6) is 1.86. The highest BCUT2D eigenvalue weighted by molar-refractivity contribution is 7.07. The predicted octanol–water partition coefficient (Wildman–Crippen LogP) is 3.22. The van der Waals surface area contributed by atoms with Gasteiger partial charge in [-0.2, -0.15) is 5.10 Å². The van der Waals surface area contributed by atoms with Crippen molar-refractivity contribution in [3.8, 4) is 11.4 Å². The molecular formula is C19H21N5O2S. The van der Waals surface area contributed by atoms with E-state index in [2.05, 4.69) is 20.5 Å². The molecule has 140 valence electrons. The van der Waals surface area contributed by atoms with Gasteiger partial charge in [-0.1, -0.05) is 23.0 Å². The topological polar surface area (TPSA) is 92.7 Å². The molecule has 1 fully saturated rings. The molecule has 2 heterocycles. The van der Waals surface area contributed by atoms with Gasteiger partial charge >= 0.3 is 4.87 Å². The van der Waals surface area contributed by atoms with Gasteiger partial charge in [-0.3, -0.25) is 14.7 Å². The van der Waals surface area contributed by atoms with E-state index < -0.39 is 0 Å².